The molecule has 0 amide bonds. The summed E-state index contributed by atoms with van der Waals surface area (Å²) in [4.78, 5) is 0. The van der Waals surface area contributed by atoms with E-state index in [1.54, 1.807) is 0 Å². The van der Waals surface area contributed by atoms with E-state index in [-0.39, 0.29) is 0 Å². The van der Waals surface area contributed by atoms with Crippen LogP contribution in [0, 0.1) is 0 Å². The van der Waals surface area contributed by atoms with Gasteiger partial charge < -0.3 is 20.5 Å². The number of rotatable bonds is 13. The number of nitrogens with one attached hydrogen (secondary N) is 1. The molecule has 0 aromatic heterocycles. The van der Waals surface area contributed by atoms with E-state index in [9.17, 15) is 0 Å². The fourth-order valence-electron chi connectivity index (χ4n) is 1.36. The van der Waals surface area contributed by atoms with E-state index in [0.717, 1.165) is 58.7 Å². The minimum Gasteiger partial charge on any atom is -0.381 e. The van der Waals surface area contributed by atoms with Gasteiger partial charge in [-0.2, -0.15) is 0 Å². The largest absolute Gasteiger partial charge is 0.381 e. The molecule has 0 atom stereocenters. The maximum absolute atomic E-state index is 5.53. The smallest absolute Gasteiger partial charge is 0.0478 e. The van der Waals surface area contributed by atoms with Gasteiger partial charge in [-0.25, -0.2) is 0 Å². The van der Waals surface area contributed by atoms with Gasteiger partial charge >= 0.3 is 0 Å². The Balaban J connectivity index is 2.89. The number of hydrogen-bond donors (Lipinski definition) is 2. The molecular formula is C13H30N2O2. The van der Waals surface area contributed by atoms with E-state index in [1.165, 1.54) is 0 Å². The average Bonchev–Trinajstić information content (AvgIpc) is 2.30. The summed E-state index contributed by atoms with van der Waals surface area (Å²) in [6.45, 7) is 9.40. The van der Waals surface area contributed by atoms with E-state index < -0.39 is 0 Å². The summed E-state index contributed by atoms with van der Waals surface area (Å²) < 4.78 is 10.9. The molecule has 4 heteroatoms. The molecule has 0 radical (unpaired) electrons. The summed E-state index contributed by atoms with van der Waals surface area (Å²) in [5, 5.41) is 3.37. The van der Waals surface area contributed by atoms with Crippen molar-refractivity contribution in [1.82, 2.24) is 5.32 Å². The number of nitrogens with two attached hydrogens (primary N) is 1. The van der Waals surface area contributed by atoms with Crippen molar-refractivity contribution in [3.05, 3.63) is 0 Å². The lowest BCUT2D eigenvalue weighted by molar-refractivity contribution is 0.101. The summed E-state index contributed by atoms with van der Waals surface area (Å²) >= 11 is 0. The van der Waals surface area contributed by atoms with Crippen LogP contribution in [0.5, 0.6) is 0 Å². The Bertz CT molecular complexity index is 143. The predicted molar refractivity (Wildman–Crippen MR) is 72.3 cm³/mol. The van der Waals surface area contributed by atoms with Crippen LogP contribution in [0.2, 0.25) is 0 Å². The second-order valence-corrected chi connectivity index (χ2v) is 4.54. The number of hydrogen-bond acceptors (Lipinski definition) is 4. The Hall–Kier alpha value is -0.160. The van der Waals surface area contributed by atoms with Crippen LogP contribution in [-0.2, 0) is 9.47 Å². The molecule has 0 unspecified atom stereocenters. The van der Waals surface area contributed by atoms with E-state index in [1.807, 2.05) is 0 Å². The van der Waals surface area contributed by atoms with Crippen molar-refractivity contribution in [2.24, 2.45) is 5.73 Å². The van der Waals surface area contributed by atoms with Gasteiger partial charge in [0.05, 0.1) is 0 Å². The number of ether oxygens (including phenoxy) is 2. The Morgan fingerprint density at radius 3 is 1.94 bits per heavy atom. The van der Waals surface area contributed by atoms with Crippen LogP contribution in [0.4, 0.5) is 0 Å². The molecular weight excluding hydrogens is 216 g/mol. The Kier molecular flexibility index (Phi) is 13.8. The highest BCUT2D eigenvalue weighted by Crippen LogP contribution is 1.93. The molecule has 0 aromatic rings. The summed E-state index contributed by atoms with van der Waals surface area (Å²) in [6.07, 6.45) is 4.21. The first-order chi connectivity index (χ1) is 8.27. The lowest BCUT2D eigenvalue weighted by Crippen LogP contribution is -2.24. The molecule has 0 spiro atoms. The Morgan fingerprint density at radius 1 is 0.882 bits per heavy atom. The molecule has 0 aliphatic rings. The molecule has 104 valence electrons. The van der Waals surface area contributed by atoms with Crippen molar-refractivity contribution in [1.29, 1.82) is 0 Å². The average molecular weight is 246 g/mol. The summed E-state index contributed by atoms with van der Waals surface area (Å²) in [6, 6.07) is 0.570. The minimum absolute atomic E-state index is 0.570. The molecule has 0 aliphatic heterocycles. The third-order valence-electron chi connectivity index (χ3n) is 2.34. The van der Waals surface area contributed by atoms with Gasteiger partial charge in [-0.05, 0) is 38.8 Å². The van der Waals surface area contributed by atoms with Gasteiger partial charge in [0.1, 0.15) is 0 Å². The lowest BCUT2D eigenvalue weighted by atomic mass is 10.3. The van der Waals surface area contributed by atoms with Gasteiger partial charge in [0, 0.05) is 32.5 Å². The predicted octanol–water partition coefficient (Wildman–Crippen LogP) is 1.54. The molecule has 17 heavy (non-hydrogen) atoms. The van der Waals surface area contributed by atoms with E-state index >= 15 is 0 Å². The van der Waals surface area contributed by atoms with Gasteiger partial charge in [-0.15, -0.1) is 0 Å². The zero-order chi connectivity index (χ0) is 12.8. The first kappa shape index (κ1) is 16.8. The van der Waals surface area contributed by atoms with E-state index in [4.69, 9.17) is 15.2 Å². The quantitative estimate of drug-likeness (QED) is 0.484. The molecule has 3 N–H and O–H groups in total. The van der Waals surface area contributed by atoms with Crippen molar-refractivity contribution < 1.29 is 9.47 Å². The first-order valence-electron chi connectivity index (χ1n) is 6.86. The molecule has 0 saturated heterocycles. The van der Waals surface area contributed by atoms with Gasteiger partial charge in [-0.1, -0.05) is 13.8 Å². The van der Waals surface area contributed by atoms with Gasteiger partial charge in [0.2, 0.25) is 0 Å². The van der Waals surface area contributed by atoms with Crippen LogP contribution < -0.4 is 11.1 Å². The first-order valence-corrected chi connectivity index (χ1v) is 6.86. The SMILES string of the molecule is CC(C)NCCCOCCCCOCCCN. The molecule has 0 saturated carbocycles. The molecule has 0 fully saturated rings. The highest BCUT2D eigenvalue weighted by Gasteiger charge is 1.93. The highest BCUT2D eigenvalue weighted by molar-refractivity contribution is 4.51. The Morgan fingerprint density at radius 2 is 1.41 bits per heavy atom. The lowest BCUT2D eigenvalue weighted by Gasteiger charge is -2.08. The maximum atomic E-state index is 5.53. The number of unbranched alkanes of at least 4 members (excludes halogenated alkanes) is 1. The van der Waals surface area contributed by atoms with Crippen LogP contribution in [0.1, 0.15) is 39.5 Å². The summed E-state index contributed by atoms with van der Waals surface area (Å²) in [7, 11) is 0. The minimum atomic E-state index is 0.570. The van der Waals surface area contributed by atoms with Crippen LogP contribution in [0.25, 0.3) is 0 Å². The monoisotopic (exact) mass is 246 g/mol. The molecule has 0 bridgehead atoms. The normalized spacial score (nSPS) is 11.3. The molecule has 0 aliphatic carbocycles. The van der Waals surface area contributed by atoms with Crippen molar-refractivity contribution in [3.63, 3.8) is 0 Å². The highest BCUT2D eigenvalue weighted by atomic mass is 16.5. The van der Waals surface area contributed by atoms with E-state index in [2.05, 4.69) is 19.2 Å². The van der Waals surface area contributed by atoms with Crippen LogP contribution in [0.15, 0.2) is 0 Å². The van der Waals surface area contributed by atoms with Crippen LogP contribution in [0.3, 0.4) is 0 Å². The molecule has 0 aromatic carbocycles. The summed E-state index contributed by atoms with van der Waals surface area (Å²) in [5.74, 6) is 0. The van der Waals surface area contributed by atoms with Crippen LogP contribution in [-0.4, -0.2) is 45.6 Å². The van der Waals surface area contributed by atoms with Crippen molar-refractivity contribution in [2.75, 3.05) is 39.5 Å². The third kappa shape index (κ3) is 15.8. The van der Waals surface area contributed by atoms with Gasteiger partial charge in [-0.3, -0.25) is 0 Å². The Labute approximate surface area is 106 Å². The van der Waals surface area contributed by atoms with Gasteiger partial charge in [0.15, 0.2) is 0 Å². The van der Waals surface area contributed by atoms with E-state index in [0.29, 0.717) is 12.6 Å². The molecule has 0 heterocycles. The zero-order valence-corrected chi connectivity index (χ0v) is 11.5. The second-order valence-electron chi connectivity index (χ2n) is 4.54. The van der Waals surface area contributed by atoms with Crippen molar-refractivity contribution >= 4 is 0 Å². The molecule has 4 nitrogen and oxygen atoms in total. The fourth-order valence-corrected chi connectivity index (χ4v) is 1.36. The van der Waals surface area contributed by atoms with Crippen LogP contribution >= 0.6 is 0 Å². The fraction of sp³-hybridized carbons (Fsp3) is 1.00. The third-order valence-corrected chi connectivity index (χ3v) is 2.34. The topological polar surface area (TPSA) is 56.5 Å². The second kappa shape index (κ2) is 13.9. The molecule has 0 rings (SSSR count). The van der Waals surface area contributed by atoms with Crippen molar-refractivity contribution in [3.8, 4) is 0 Å². The van der Waals surface area contributed by atoms with Gasteiger partial charge in [0.25, 0.3) is 0 Å². The zero-order valence-electron chi connectivity index (χ0n) is 11.5. The maximum Gasteiger partial charge on any atom is 0.0478 e. The summed E-state index contributed by atoms with van der Waals surface area (Å²) in [5.41, 5.74) is 5.36. The van der Waals surface area contributed by atoms with Crippen molar-refractivity contribution in [2.45, 2.75) is 45.6 Å². The standard InChI is InChI=1S/C13H30N2O2/c1-13(2)15-8-6-12-17-10-4-3-9-16-11-5-7-14/h13,15H,3-12,14H2,1-2H3.